The lowest BCUT2D eigenvalue weighted by molar-refractivity contribution is 0.362. The van der Waals surface area contributed by atoms with Gasteiger partial charge in [0.25, 0.3) is 0 Å². The zero-order valence-electron chi connectivity index (χ0n) is 12.4. The number of aromatic amines is 1. The monoisotopic (exact) mass is 332 g/mol. The number of aromatic nitrogens is 3. The second-order valence-corrected chi connectivity index (χ2v) is 7.94. The van der Waals surface area contributed by atoms with E-state index in [0.717, 1.165) is 13.0 Å². The molecule has 4 rings (SSSR count). The molecule has 0 amide bonds. The fraction of sp³-hybridized carbons (Fsp3) is 0.500. The van der Waals surface area contributed by atoms with E-state index < -0.39 is 10.0 Å². The zero-order valence-corrected chi connectivity index (χ0v) is 13.3. The van der Waals surface area contributed by atoms with Gasteiger partial charge in [-0.25, -0.2) is 18.4 Å². The number of nitriles is 1. The molecule has 0 aliphatic carbocycles. The van der Waals surface area contributed by atoms with E-state index >= 15 is 0 Å². The van der Waals surface area contributed by atoms with Crippen molar-refractivity contribution >= 4 is 26.9 Å². The average molecular weight is 332 g/mol. The molecule has 0 bridgehead atoms. The minimum Gasteiger partial charge on any atom is -0.354 e. The lowest BCUT2D eigenvalue weighted by Crippen LogP contribution is -2.38. The number of hydrogen-bond acceptors (Lipinski definition) is 6. The molecule has 0 radical (unpaired) electrons. The van der Waals surface area contributed by atoms with Crippen LogP contribution in [0.15, 0.2) is 12.5 Å². The first-order valence-electron chi connectivity index (χ1n) is 7.57. The van der Waals surface area contributed by atoms with E-state index in [9.17, 15) is 13.7 Å². The Morgan fingerprint density at radius 1 is 1.35 bits per heavy atom. The minimum absolute atomic E-state index is 0.0167. The molecule has 0 aromatic carbocycles. The fourth-order valence-electron chi connectivity index (χ4n) is 3.51. The largest absolute Gasteiger partial charge is 0.354 e. The van der Waals surface area contributed by atoms with Crippen LogP contribution in [0.4, 0.5) is 5.82 Å². The SMILES string of the molecule is N#Cc1c[nH]c2ncnc(N3CCC(N4CCCS4(=O)=O)C3)c12. The summed E-state index contributed by atoms with van der Waals surface area (Å²) >= 11 is 0. The van der Waals surface area contributed by atoms with E-state index in [1.165, 1.54) is 6.33 Å². The van der Waals surface area contributed by atoms with E-state index in [2.05, 4.69) is 25.9 Å². The number of nitrogens with one attached hydrogen (secondary N) is 1. The quantitative estimate of drug-likeness (QED) is 0.855. The molecule has 23 heavy (non-hydrogen) atoms. The Morgan fingerprint density at radius 2 is 2.22 bits per heavy atom. The highest BCUT2D eigenvalue weighted by atomic mass is 32.2. The highest BCUT2D eigenvalue weighted by Crippen LogP contribution is 2.31. The molecule has 4 heterocycles. The number of hydrogen-bond donors (Lipinski definition) is 1. The highest BCUT2D eigenvalue weighted by molar-refractivity contribution is 7.89. The van der Waals surface area contributed by atoms with Crippen molar-refractivity contribution in [3.8, 4) is 6.07 Å². The molecule has 9 heteroatoms. The van der Waals surface area contributed by atoms with Gasteiger partial charge in [0.2, 0.25) is 10.0 Å². The van der Waals surface area contributed by atoms with Gasteiger partial charge in [-0.3, -0.25) is 0 Å². The first-order valence-corrected chi connectivity index (χ1v) is 9.18. The maximum absolute atomic E-state index is 12.1. The van der Waals surface area contributed by atoms with Crippen LogP contribution in [0.5, 0.6) is 0 Å². The summed E-state index contributed by atoms with van der Waals surface area (Å²) in [7, 11) is -3.11. The molecule has 2 aromatic rings. The van der Waals surface area contributed by atoms with Crippen LogP contribution in [0.3, 0.4) is 0 Å². The first-order chi connectivity index (χ1) is 11.1. The predicted molar refractivity (Wildman–Crippen MR) is 84.3 cm³/mol. The Balaban J connectivity index is 1.66. The van der Waals surface area contributed by atoms with Crippen LogP contribution in [0.25, 0.3) is 11.0 Å². The summed E-state index contributed by atoms with van der Waals surface area (Å²) in [6, 6.07) is 2.13. The smallest absolute Gasteiger partial charge is 0.214 e. The summed E-state index contributed by atoms with van der Waals surface area (Å²) < 4.78 is 25.8. The number of sulfonamides is 1. The Bertz CT molecular complexity index is 900. The third kappa shape index (κ3) is 2.26. The van der Waals surface area contributed by atoms with Gasteiger partial charge < -0.3 is 9.88 Å². The summed E-state index contributed by atoms with van der Waals surface area (Å²) in [6.45, 7) is 1.92. The molecular weight excluding hydrogens is 316 g/mol. The standard InChI is InChI=1S/C14H16N6O2S/c15-6-10-7-16-13-12(10)14(18-9-17-13)19-4-2-11(8-19)20-3-1-5-23(20,21)22/h7,9,11H,1-5,8H2,(H,16,17,18). The van der Waals surface area contributed by atoms with E-state index in [0.29, 0.717) is 41.9 Å². The molecule has 2 saturated heterocycles. The average Bonchev–Trinajstić information content (AvgIpc) is 3.23. The van der Waals surface area contributed by atoms with E-state index in [-0.39, 0.29) is 11.8 Å². The third-order valence-electron chi connectivity index (χ3n) is 4.58. The number of fused-ring (bicyclic) bond motifs is 1. The van der Waals surface area contributed by atoms with Gasteiger partial charge in [-0.05, 0) is 12.8 Å². The normalized spacial score (nSPS) is 24.3. The van der Waals surface area contributed by atoms with Gasteiger partial charge in [0.1, 0.15) is 23.9 Å². The van der Waals surface area contributed by atoms with Crippen molar-refractivity contribution in [1.82, 2.24) is 19.3 Å². The molecule has 2 aliphatic rings. The van der Waals surface area contributed by atoms with Crippen LogP contribution in [0, 0.1) is 11.3 Å². The fourth-order valence-corrected chi connectivity index (χ4v) is 5.27. The van der Waals surface area contributed by atoms with E-state index in [4.69, 9.17) is 0 Å². The van der Waals surface area contributed by atoms with Crippen molar-refractivity contribution in [2.24, 2.45) is 0 Å². The summed E-state index contributed by atoms with van der Waals surface area (Å²) in [6.07, 6.45) is 4.57. The van der Waals surface area contributed by atoms with Gasteiger partial charge in [-0.15, -0.1) is 0 Å². The van der Waals surface area contributed by atoms with Crippen molar-refractivity contribution in [2.45, 2.75) is 18.9 Å². The van der Waals surface area contributed by atoms with E-state index in [1.807, 2.05) is 0 Å². The molecule has 2 aromatic heterocycles. The minimum atomic E-state index is -3.11. The van der Waals surface area contributed by atoms with Gasteiger partial charge in [-0.2, -0.15) is 9.57 Å². The highest BCUT2D eigenvalue weighted by Gasteiger charge is 2.38. The lowest BCUT2D eigenvalue weighted by atomic mass is 10.2. The molecule has 0 spiro atoms. The summed E-state index contributed by atoms with van der Waals surface area (Å²) in [4.78, 5) is 13.5. The summed E-state index contributed by atoms with van der Waals surface area (Å²) in [5, 5.41) is 9.96. The van der Waals surface area contributed by atoms with Gasteiger partial charge >= 0.3 is 0 Å². The van der Waals surface area contributed by atoms with Crippen LogP contribution < -0.4 is 4.90 Å². The predicted octanol–water partition coefficient (Wildman–Crippen LogP) is 0.444. The number of H-pyrrole nitrogens is 1. The topological polar surface area (TPSA) is 106 Å². The van der Waals surface area contributed by atoms with Crippen molar-refractivity contribution in [2.75, 3.05) is 30.3 Å². The van der Waals surface area contributed by atoms with Crippen LogP contribution in [-0.2, 0) is 10.0 Å². The third-order valence-corrected chi connectivity index (χ3v) is 6.58. The van der Waals surface area contributed by atoms with Crippen molar-refractivity contribution < 1.29 is 8.42 Å². The summed E-state index contributed by atoms with van der Waals surface area (Å²) in [5.41, 5.74) is 1.14. The second-order valence-electron chi connectivity index (χ2n) is 5.90. The van der Waals surface area contributed by atoms with Crippen molar-refractivity contribution in [3.05, 3.63) is 18.1 Å². The Morgan fingerprint density at radius 3 is 2.96 bits per heavy atom. The number of anilines is 1. The zero-order chi connectivity index (χ0) is 16.0. The van der Waals surface area contributed by atoms with Crippen LogP contribution in [0.2, 0.25) is 0 Å². The van der Waals surface area contributed by atoms with Gasteiger partial charge in [0, 0.05) is 31.9 Å². The first kappa shape index (κ1) is 14.4. The molecular formula is C14H16N6O2S. The molecule has 1 N–H and O–H groups in total. The molecule has 1 unspecified atom stereocenters. The molecule has 8 nitrogen and oxygen atoms in total. The van der Waals surface area contributed by atoms with Crippen LogP contribution in [-0.4, -0.2) is 59.1 Å². The Hall–Kier alpha value is -2.18. The van der Waals surface area contributed by atoms with E-state index in [1.54, 1.807) is 10.5 Å². The van der Waals surface area contributed by atoms with Gasteiger partial charge in [-0.1, -0.05) is 0 Å². The Labute approximate surface area is 133 Å². The van der Waals surface area contributed by atoms with Crippen molar-refractivity contribution in [1.29, 1.82) is 5.26 Å². The molecule has 1 atom stereocenters. The van der Waals surface area contributed by atoms with Gasteiger partial charge in [0.15, 0.2) is 0 Å². The molecule has 2 aliphatic heterocycles. The molecule has 0 saturated carbocycles. The van der Waals surface area contributed by atoms with Crippen LogP contribution >= 0.6 is 0 Å². The number of nitrogens with zero attached hydrogens (tertiary/aromatic N) is 5. The maximum atomic E-state index is 12.1. The van der Waals surface area contributed by atoms with Gasteiger partial charge in [0.05, 0.1) is 16.7 Å². The summed E-state index contributed by atoms with van der Waals surface area (Å²) in [5.74, 6) is 0.948. The molecule has 120 valence electrons. The van der Waals surface area contributed by atoms with Crippen LogP contribution in [0.1, 0.15) is 18.4 Å². The van der Waals surface area contributed by atoms with Crippen molar-refractivity contribution in [3.63, 3.8) is 0 Å². The molecule has 2 fully saturated rings. The number of rotatable bonds is 2. The second kappa shape index (κ2) is 5.18. The Kier molecular flexibility index (Phi) is 3.25. The maximum Gasteiger partial charge on any atom is 0.214 e. The lowest BCUT2D eigenvalue weighted by Gasteiger charge is -2.23.